The number of oxime groups is 1. The number of aliphatic imine (C=N–C) groups is 1. The highest BCUT2D eigenvalue weighted by molar-refractivity contribution is 5.78. The summed E-state index contributed by atoms with van der Waals surface area (Å²) in [6, 6.07) is 0. The molecule has 0 saturated heterocycles. The second-order valence-electron chi connectivity index (χ2n) is 1.40. The van der Waals surface area contributed by atoms with Gasteiger partial charge in [-0.25, -0.2) is 0 Å². The number of nitrogens with zero attached hydrogens (tertiary/aromatic N) is 2. The van der Waals surface area contributed by atoms with E-state index in [0.717, 1.165) is 0 Å². The predicted molar refractivity (Wildman–Crippen MR) is 41.7 cm³/mol. The zero-order valence-corrected chi connectivity index (χ0v) is 6.33. The van der Waals surface area contributed by atoms with Crippen molar-refractivity contribution in [2.75, 3.05) is 13.7 Å². The molecule has 0 N–H and O–H groups in total. The molecular weight excluding hydrogens is 132 g/mol. The fraction of sp³-hybridized carbons (Fsp3) is 0.500. The van der Waals surface area contributed by atoms with E-state index < -0.39 is 0 Å². The van der Waals surface area contributed by atoms with Crippen LogP contribution in [0.25, 0.3) is 0 Å². The van der Waals surface area contributed by atoms with Crippen LogP contribution in [0.1, 0.15) is 6.92 Å². The van der Waals surface area contributed by atoms with E-state index in [1.54, 1.807) is 0 Å². The Kier molecular flexibility index (Phi) is 12.4. The van der Waals surface area contributed by atoms with Crippen molar-refractivity contribution in [3.63, 3.8) is 0 Å². The summed E-state index contributed by atoms with van der Waals surface area (Å²) in [5.41, 5.74) is 0. The minimum atomic E-state index is 0.0602. The van der Waals surface area contributed by atoms with Crippen LogP contribution in [0.5, 0.6) is 0 Å². The molecule has 0 amide bonds. The van der Waals surface area contributed by atoms with Crippen LogP contribution in [-0.2, 0) is 9.63 Å². The summed E-state index contributed by atoms with van der Waals surface area (Å²) in [7, 11) is 1.45. The number of hydrogen-bond donors (Lipinski definition) is 0. The SMILES string of the molecule is C=NCC(C)=O.C=NOC. The van der Waals surface area contributed by atoms with E-state index >= 15 is 0 Å². The molecular formula is C6H12N2O2. The van der Waals surface area contributed by atoms with Gasteiger partial charge in [-0.2, -0.15) is 0 Å². The van der Waals surface area contributed by atoms with E-state index in [0.29, 0.717) is 0 Å². The molecule has 0 rings (SSSR count). The first kappa shape index (κ1) is 11.6. The van der Waals surface area contributed by atoms with Crippen LogP contribution in [0.3, 0.4) is 0 Å². The van der Waals surface area contributed by atoms with E-state index in [4.69, 9.17) is 0 Å². The molecule has 0 aromatic heterocycles. The summed E-state index contributed by atoms with van der Waals surface area (Å²) in [5, 5.41) is 2.99. The van der Waals surface area contributed by atoms with Crippen molar-refractivity contribution in [2.45, 2.75) is 6.92 Å². The Labute approximate surface area is 60.6 Å². The van der Waals surface area contributed by atoms with Crippen LogP contribution in [0.2, 0.25) is 0 Å². The number of Topliss-reactive ketones (excluding diaryl/α,β-unsaturated/α-hetero) is 1. The fourth-order valence-electron chi connectivity index (χ4n) is 0.157. The first-order valence-corrected chi connectivity index (χ1v) is 2.60. The Hall–Kier alpha value is -1.19. The summed E-state index contributed by atoms with van der Waals surface area (Å²) >= 11 is 0. The molecule has 4 heteroatoms. The van der Waals surface area contributed by atoms with Crippen LogP contribution < -0.4 is 0 Å². The van der Waals surface area contributed by atoms with Gasteiger partial charge in [0.25, 0.3) is 0 Å². The molecule has 10 heavy (non-hydrogen) atoms. The fourth-order valence-corrected chi connectivity index (χ4v) is 0.157. The maximum atomic E-state index is 9.91. The van der Waals surface area contributed by atoms with Crippen molar-refractivity contribution in [1.29, 1.82) is 0 Å². The third kappa shape index (κ3) is 29.1. The smallest absolute Gasteiger partial charge is 0.151 e. The lowest BCUT2D eigenvalue weighted by atomic mass is 10.5. The number of ketones is 1. The molecule has 0 bridgehead atoms. The molecule has 4 nitrogen and oxygen atoms in total. The second kappa shape index (κ2) is 10.7. The molecule has 0 fully saturated rings. The second-order valence-corrected chi connectivity index (χ2v) is 1.40. The molecule has 58 valence electrons. The van der Waals surface area contributed by atoms with Gasteiger partial charge in [0.15, 0.2) is 5.78 Å². The molecule has 0 aliphatic rings. The average Bonchev–Trinajstić information content (AvgIpc) is 1.89. The first-order chi connectivity index (χ1) is 4.68. The number of hydrogen-bond acceptors (Lipinski definition) is 4. The predicted octanol–water partition coefficient (Wildman–Crippen LogP) is 0.524. The lowest BCUT2D eigenvalue weighted by Gasteiger charge is -1.76. The Balaban J connectivity index is 0. The van der Waals surface area contributed by atoms with Crippen LogP contribution in [0.4, 0.5) is 0 Å². The molecule has 0 aliphatic heterocycles. The third-order valence-electron chi connectivity index (χ3n) is 0.464. The van der Waals surface area contributed by atoms with Gasteiger partial charge in [0.1, 0.15) is 7.11 Å². The zero-order valence-electron chi connectivity index (χ0n) is 6.33. The molecule has 0 aliphatic carbocycles. The maximum Gasteiger partial charge on any atom is 0.151 e. The minimum Gasteiger partial charge on any atom is -0.400 e. The van der Waals surface area contributed by atoms with Gasteiger partial charge in [-0.05, 0) is 13.6 Å². The van der Waals surface area contributed by atoms with Gasteiger partial charge in [0.2, 0.25) is 0 Å². The van der Waals surface area contributed by atoms with Crippen molar-refractivity contribution in [2.24, 2.45) is 10.1 Å². The summed E-state index contributed by atoms with van der Waals surface area (Å²) in [6.07, 6.45) is 0. The maximum absolute atomic E-state index is 9.91. The largest absolute Gasteiger partial charge is 0.400 e. The summed E-state index contributed by atoms with van der Waals surface area (Å²) in [4.78, 5) is 17.3. The minimum absolute atomic E-state index is 0.0602. The molecule has 0 saturated carbocycles. The Morgan fingerprint density at radius 3 is 2.00 bits per heavy atom. The Morgan fingerprint density at radius 1 is 1.60 bits per heavy atom. The van der Waals surface area contributed by atoms with Gasteiger partial charge in [0, 0.05) is 6.72 Å². The highest BCUT2D eigenvalue weighted by Gasteiger charge is 1.81. The summed E-state index contributed by atoms with van der Waals surface area (Å²) in [5.74, 6) is 0.0602. The highest BCUT2D eigenvalue weighted by atomic mass is 16.6. The lowest BCUT2D eigenvalue weighted by molar-refractivity contribution is -0.115. The Bertz CT molecular complexity index is 112. The van der Waals surface area contributed by atoms with Gasteiger partial charge in [0.05, 0.1) is 6.54 Å². The first-order valence-electron chi connectivity index (χ1n) is 2.60. The van der Waals surface area contributed by atoms with Gasteiger partial charge in [-0.1, -0.05) is 0 Å². The normalized spacial score (nSPS) is 6.60. The van der Waals surface area contributed by atoms with E-state index in [9.17, 15) is 4.79 Å². The third-order valence-corrected chi connectivity index (χ3v) is 0.464. The molecule has 0 atom stereocenters. The molecule has 0 unspecified atom stereocenters. The summed E-state index contributed by atoms with van der Waals surface area (Å²) in [6.45, 7) is 7.87. The van der Waals surface area contributed by atoms with Crippen molar-refractivity contribution in [1.82, 2.24) is 0 Å². The average molecular weight is 144 g/mol. The van der Waals surface area contributed by atoms with Crippen molar-refractivity contribution in [3.05, 3.63) is 0 Å². The number of carbonyl (C=O) groups is 1. The molecule has 0 heterocycles. The van der Waals surface area contributed by atoms with E-state index in [1.807, 2.05) is 0 Å². The Morgan fingerprint density at radius 2 is 2.00 bits per heavy atom. The van der Waals surface area contributed by atoms with Crippen LogP contribution >= 0.6 is 0 Å². The highest BCUT2D eigenvalue weighted by Crippen LogP contribution is 1.65. The van der Waals surface area contributed by atoms with Gasteiger partial charge in [-0.3, -0.25) is 9.79 Å². The van der Waals surface area contributed by atoms with E-state index in [2.05, 4.69) is 28.4 Å². The van der Waals surface area contributed by atoms with E-state index in [-0.39, 0.29) is 12.3 Å². The molecule has 0 aromatic rings. The topological polar surface area (TPSA) is 51.0 Å². The van der Waals surface area contributed by atoms with Gasteiger partial charge >= 0.3 is 0 Å². The molecule has 0 radical (unpaired) electrons. The lowest BCUT2D eigenvalue weighted by Crippen LogP contribution is -1.91. The molecule has 0 spiro atoms. The molecule has 0 aromatic carbocycles. The van der Waals surface area contributed by atoms with Crippen molar-refractivity contribution < 1.29 is 9.63 Å². The van der Waals surface area contributed by atoms with Crippen LogP contribution in [0.15, 0.2) is 10.1 Å². The number of carbonyl (C=O) groups excluding carboxylic acids is 1. The van der Waals surface area contributed by atoms with E-state index in [1.165, 1.54) is 14.0 Å². The van der Waals surface area contributed by atoms with Crippen molar-refractivity contribution >= 4 is 19.2 Å². The van der Waals surface area contributed by atoms with Crippen molar-refractivity contribution in [3.8, 4) is 0 Å². The van der Waals surface area contributed by atoms with Gasteiger partial charge in [-0.15, -0.1) is 5.16 Å². The summed E-state index contributed by atoms with van der Waals surface area (Å²) < 4.78 is 0. The van der Waals surface area contributed by atoms with Gasteiger partial charge < -0.3 is 4.84 Å². The quantitative estimate of drug-likeness (QED) is 0.428. The zero-order chi connectivity index (χ0) is 8.41. The van der Waals surface area contributed by atoms with Crippen LogP contribution in [0, 0.1) is 0 Å². The monoisotopic (exact) mass is 144 g/mol. The standard InChI is InChI=1S/C4H7NO.C2H5NO/c1-4(6)3-5-2;1-3-4-2/h2-3H2,1H3;1H2,2H3. The number of rotatable bonds is 3. The van der Waals surface area contributed by atoms with Crippen LogP contribution in [-0.4, -0.2) is 32.9 Å².